The van der Waals surface area contributed by atoms with Gasteiger partial charge in [-0.3, -0.25) is 9.59 Å². The maximum Gasteiger partial charge on any atom is 0.328 e. The summed E-state index contributed by atoms with van der Waals surface area (Å²) in [6, 6.07) is 1.99. The van der Waals surface area contributed by atoms with Crippen molar-refractivity contribution in [3.8, 4) is 0 Å². The number of aliphatic hydroxyl groups excluding tert-OH is 1. The zero-order chi connectivity index (χ0) is 14.4. The van der Waals surface area contributed by atoms with E-state index in [2.05, 4.69) is 5.32 Å². The minimum atomic E-state index is -1.36. The van der Waals surface area contributed by atoms with Crippen LogP contribution in [0.5, 0.6) is 0 Å². The normalized spacial score (nSPS) is 11.7. The number of hydrogen-bond acceptors (Lipinski definition) is 5. The molecule has 0 fully saturated rings. The molecule has 1 aromatic heterocycles. The number of carbonyl (C=O) groups excluding carboxylic acids is 2. The van der Waals surface area contributed by atoms with Gasteiger partial charge in [0.1, 0.15) is 6.04 Å². The maximum atomic E-state index is 11.8. The first-order chi connectivity index (χ1) is 8.95. The van der Waals surface area contributed by atoms with Gasteiger partial charge in [0.05, 0.1) is 18.0 Å². The summed E-state index contributed by atoms with van der Waals surface area (Å²) in [7, 11) is 1.44. The Hall–Kier alpha value is -1.93. The Kier molecular flexibility index (Phi) is 5.46. The Bertz CT molecular complexity index is 460. The van der Waals surface area contributed by atoms with Crippen molar-refractivity contribution in [3.63, 3.8) is 0 Å². The van der Waals surface area contributed by atoms with Crippen LogP contribution in [0.2, 0.25) is 0 Å². The Morgan fingerprint density at radius 1 is 1.47 bits per heavy atom. The molecule has 0 aliphatic rings. The lowest BCUT2D eigenvalue weighted by Gasteiger charge is -2.17. The van der Waals surface area contributed by atoms with Crippen LogP contribution in [-0.4, -0.2) is 59.1 Å². The minimum absolute atomic E-state index is 0.277. The van der Waals surface area contributed by atoms with Crippen molar-refractivity contribution in [1.29, 1.82) is 0 Å². The molecule has 0 radical (unpaired) electrons. The van der Waals surface area contributed by atoms with Gasteiger partial charge in [-0.25, -0.2) is 4.79 Å². The zero-order valence-electron chi connectivity index (χ0n) is 10.2. The molecule has 2 amide bonds. The van der Waals surface area contributed by atoms with E-state index in [9.17, 15) is 14.4 Å². The number of carboxylic acids is 1. The molecule has 0 aliphatic heterocycles. The molecule has 1 heterocycles. The van der Waals surface area contributed by atoms with Crippen molar-refractivity contribution in [2.45, 2.75) is 6.04 Å². The molecule has 3 N–H and O–H groups in total. The fourth-order valence-electron chi connectivity index (χ4n) is 1.30. The van der Waals surface area contributed by atoms with E-state index < -0.39 is 24.5 Å². The lowest BCUT2D eigenvalue weighted by molar-refractivity contribution is -0.143. The fourth-order valence-corrected chi connectivity index (χ4v) is 2.02. The number of thiophene rings is 1. The summed E-state index contributed by atoms with van der Waals surface area (Å²) >= 11 is 1.25. The van der Waals surface area contributed by atoms with Gasteiger partial charge in [-0.05, 0) is 11.4 Å². The summed E-state index contributed by atoms with van der Waals surface area (Å²) in [6.45, 7) is -0.982. The van der Waals surface area contributed by atoms with Crippen LogP contribution in [0.4, 0.5) is 0 Å². The van der Waals surface area contributed by atoms with Gasteiger partial charge in [0, 0.05) is 7.05 Å². The number of rotatable bonds is 6. The second-order valence-corrected chi connectivity index (χ2v) is 4.73. The van der Waals surface area contributed by atoms with Crippen LogP contribution < -0.4 is 5.32 Å². The number of likely N-dealkylation sites (N-methyl/N-ethyl adjacent to an activating group) is 1. The van der Waals surface area contributed by atoms with E-state index in [4.69, 9.17) is 10.2 Å². The van der Waals surface area contributed by atoms with Crippen LogP contribution in [0.25, 0.3) is 0 Å². The highest BCUT2D eigenvalue weighted by Gasteiger charge is 2.21. The summed E-state index contributed by atoms with van der Waals surface area (Å²) in [5.41, 5.74) is 0. The second kappa shape index (κ2) is 6.86. The topological polar surface area (TPSA) is 107 Å². The number of aliphatic hydroxyl groups is 1. The van der Waals surface area contributed by atoms with Crippen molar-refractivity contribution in [2.24, 2.45) is 0 Å². The standard InChI is InChI=1S/C11H14N2O5S/c1-13(10(16)8-3-2-4-19-8)5-9(15)12-7(6-14)11(17)18/h2-4,7,14H,5-6H2,1H3,(H,12,15)(H,17,18)/t7-/m1/s1. The third kappa shape index (κ3) is 4.34. The lowest BCUT2D eigenvalue weighted by Crippen LogP contribution is -2.47. The molecule has 0 saturated carbocycles. The minimum Gasteiger partial charge on any atom is -0.480 e. The zero-order valence-corrected chi connectivity index (χ0v) is 11.0. The summed E-state index contributed by atoms with van der Waals surface area (Å²) in [4.78, 5) is 35.6. The summed E-state index contributed by atoms with van der Waals surface area (Å²) in [5.74, 6) is -2.29. The van der Waals surface area contributed by atoms with Crippen LogP contribution in [0.1, 0.15) is 9.67 Å². The predicted molar refractivity (Wildman–Crippen MR) is 67.9 cm³/mol. The largest absolute Gasteiger partial charge is 0.480 e. The van der Waals surface area contributed by atoms with Crippen molar-refractivity contribution < 1.29 is 24.6 Å². The lowest BCUT2D eigenvalue weighted by atomic mass is 10.3. The Morgan fingerprint density at radius 3 is 2.63 bits per heavy atom. The SMILES string of the molecule is CN(CC(=O)N[C@H](CO)C(=O)O)C(=O)c1cccs1. The van der Waals surface area contributed by atoms with E-state index in [1.54, 1.807) is 17.5 Å². The third-order valence-electron chi connectivity index (χ3n) is 2.28. The predicted octanol–water partition coefficient (Wildman–Crippen LogP) is -0.618. The van der Waals surface area contributed by atoms with Gasteiger partial charge in [0.2, 0.25) is 5.91 Å². The number of amides is 2. The van der Waals surface area contributed by atoms with E-state index in [1.165, 1.54) is 23.3 Å². The van der Waals surface area contributed by atoms with Gasteiger partial charge in [0.25, 0.3) is 5.91 Å². The molecule has 1 rings (SSSR count). The number of hydrogen-bond donors (Lipinski definition) is 3. The molecule has 1 atom stereocenters. The number of carbonyl (C=O) groups is 3. The van der Waals surface area contributed by atoms with Crippen LogP contribution in [0, 0.1) is 0 Å². The first-order valence-corrected chi connectivity index (χ1v) is 6.25. The highest BCUT2D eigenvalue weighted by atomic mass is 32.1. The van der Waals surface area contributed by atoms with Crippen molar-refractivity contribution in [3.05, 3.63) is 22.4 Å². The first-order valence-electron chi connectivity index (χ1n) is 5.37. The molecule has 0 spiro atoms. The molecule has 0 saturated heterocycles. The molecule has 1 aromatic rings. The Labute approximate surface area is 113 Å². The fraction of sp³-hybridized carbons (Fsp3) is 0.364. The first kappa shape index (κ1) is 15.1. The molecule has 0 aromatic carbocycles. The van der Waals surface area contributed by atoms with Gasteiger partial charge >= 0.3 is 5.97 Å². The molecule has 7 nitrogen and oxygen atoms in total. The van der Waals surface area contributed by atoms with Crippen molar-refractivity contribution >= 4 is 29.1 Å². The van der Waals surface area contributed by atoms with E-state index in [0.29, 0.717) is 4.88 Å². The van der Waals surface area contributed by atoms with E-state index >= 15 is 0 Å². The van der Waals surface area contributed by atoms with Crippen LogP contribution in [0.3, 0.4) is 0 Å². The molecular formula is C11H14N2O5S. The van der Waals surface area contributed by atoms with E-state index in [1.807, 2.05) is 0 Å². The van der Waals surface area contributed by atoms with Crippen LogP contribution in [0.15, 0.2) is 17.5 Å². The highest BCUT2D eigenvalue weighted by Crippen LogP contribution is 2.10. The number of nitrogens with zero attached hydrogens (tertiary/aromatic N) is 1. The van der Waals surface area contributed by atoms with E-state index in [0.717, 1.165) is 0 Å². The maximum absolute atomic E-state index is 11.8. The average molecular weight is 286 g/mol. The number of carboxylic acid groups (broad SMARTS) is 1. The van der Waals surface area contributed by atoms with Crippen molar-refractivity contribution in [1.82, 2.24) is 10.2 Å². The van der Waals surface area contributed by atoms with Gasteiger partial charge in [-0.2, -0.15) is 0 Å². The van der Waals surface area contributed by atoms with Gasteiger partial charge in [0.15, 0.2) is 0 Å². The van der Waals surface area contributed by atoms with Crippen LogP contribution in [-0.2, 0) is 9.59 Å². The second-order valence-electron chi connectivity index (χ2n) is 3.78. The monoisotopic (exact) mass is 286 g/mol. The van der Waals surface area contributed by atoms with Gasteiger partial charge in [-0.1, -0.05) is 6.07 Å². The summed E-state index contributed by atoms with van der Waals surface area (Å²) < 4.78 is 0. The molecule has 0 bridgehead atoms. The van der Waals surface area contributed by atoms with Gasteiger partial charge in [-0.15, -0.1) is 11.3 Å². The molecule has 19 heavy (non-hydrogen) atoms. The molecule has 104 valence electrons. The quantitative estimate of drug-likeness (QED) is 0.646. The third-order valence-corrected chi connectivity index (χ3v) is 3.13. The smallest absolute Gasteiger partial charge is 0.328 e. The molecule has 0 aliphatic carbocycles. The van der Waals surface area contributed by atoms with Crippen molar-refractivity contribution in [2.75, 3.05) is 20.2 Å². The van der Waals surface area contributed by atoms with Gasteiger partial charge < -0.3 is 20.4 Å². The number of nitrogens with one attached hydrogen (secondary N) is 1. The summed E-state index contributed by atoms with van der Waals surface area (Å²) in [5, 5.41) is 21.3. The molecular weight excluding hydrogens is 272 g/mol. The van der Waals surface area contributed by atoms with Crippen LogP contribution >= 0.6 is 11.3 Å². The molecule has 8 heteroatoms. The van der Waals surface area contributed by atoms with E-state index in [-0.39, 0.29) is 12.5 Å². The Morgan fingerprint density at radius 2 is 2.16 bits per heavy atom. The Balaban J connectivity index is 2.52. The average Bonchev–Trinajstić information content (AvgIpc) is 2.88. The highest BCUT2D eigenvalue weighted by molar-refractivity contribution is 7.12. The summed E-state index contributed by atoms with van der Waals surface area (Å²) in [6.07, 6.45) is 0. The molecule has 0 unspecified atom stereocenters. The number of aliphatic carboxylic acids is 1.